The van der Waals surface area contributed by atoms with Crippen molar-refractivity contribution in [1.82, 2.24) is 15.2 Å². The predicted molar refractivity (Wildman–Crippen MR) is 73.8 cm³/mol. The highest BCUT2D eigenvalue weighted by Crippen LogP contribution is 2.15. The molecule has 6 heteroatoms. The van der Waals surface area contributed by atoms with Crippen molar-refractivity contribution in [3.05, 3.63) is 29.6 Å². The second kappa shape index (κ2) is 6.47. The summed E-state index contributed by atoms with van der Waals surface area (Å²) in [4.78, 5) is 28.9. The summed E-state index contributed by atoms with van der Waals surface area (Å²) in [5.41, 5.74) is 0.215. The van der Waals surface area contributed by atoms with E-state index in [0.29, 0.717) is 18.2 Å². The number of hydrogen-bond acceptors (Lipinski definition) is 4. The number of rotatable bonds is 5. The van der Waals surface area contributed by atoms with E-state index in [1.165, 1.54) is 18.3 Å². The molecule has 1 aliphatic heterocycles. The van der Waals surface area contributed by atoms with Crippen molar-refractivity contribution in [2.45, 2.75) is 25.8 Å². The molecule has 1 unspecified atom stereocenters. The van der Waals surface area contributed by atoms with Crippen LogP contribution in [0.4, 0.5) is 0 Å². The average Bonchev–Trinajstić information content (AvgIpc) is 2.92. The van der Waals surface area contributed by atoms with Crippen molar-refractivity contribution in [3.8, 4) is 0 Å². The molecule has 1 fully saturated rings. The molecule has 20 heavy (non-hydrogen) atoms. The van der Waals surface area contributed by atoms with Crippen LogP contribution in [0.3, 0.4) is 0 Å². The van der Waals surface area contributed by atoms with Crippen LogP contribution in [0.15, 0.2) is 18.3 Å². The van der Waals surface area contributed by atoms with Crippen molar-refractivity contribution < 1.29 is 14.7 Å². The number of pyridine rings is 1. The number of amides is 1. The normalized spacial score (nSPS) is 18.9. The number of nitrogens with zero attached hydrogens (tertiary/aromatic N) is 2. The second-order valence-electron chi connectivity index (χ2n) is 4.87. The third-order valence-electron chi connectivity index (χ3n) is 3.64. The Hall–Kier alpha value is -1.95. The van der Waals surface area contributed by atoms with Crippen LogP contribution in [0.2, 0.25) is 0 Å². The Morgan fingerprint density at radius 1 is 1.55 bits per heavy atom. The lowest BCUT2D eigenvalue weighted by atomic mass is 10.2. The minimum atomic E-state index is -1.13. The van der Waals surface area contributed by atoms with Gasteiger partial charge in [-0.05, 0) is 38.1 Å². The first-order chi connectivity index (χ1) is 9.61. The summed E-state index contributed by atoms with van der Waals surface area (Å²) >= 11 is 0. The molecular weight excluding hydrogens is 258 g/mol. The zero-order chi connectivity index (χ0) is 14.5. The Labute approximate surface area is 117 Å². The fraction of sp³-hybridized carbons (Fsp3) is 0.500. The van der Waals surface area contributed by atoms with E-state index in [1.807, 2.05) is 0 Å². The Bertz CT molecular complexity index is 504. The van der Waals surface area contributed by atoms with Crippen molar-refractivity contribution in [3.63, 3.8) is 0 Å². The van der Waals surface area contributed by atoms with Crippen LogP contribution < -0.4 is 5.32 Å². The number of carbonyl (C=O) groups excluding carboxylic acids is 1. The third-order valence-corrected chi connectivity index (χ3v) is 3.64. The fourth-order valence-electron chi connectivity index (χ4n) is 2.54. The molecule has 0 spiro atoms. The monoisotopic (exact) mass is 277 g/mol. The van der Waals surface area contributed by atoms with Gasteiger partial charge in [0.2, 0.25) is 0 Å². The predicted octanol–water partition coefficient (Wildman–Crippen LogP) is 0.994. The molecule has 0 radical (unpaired) electrons. The summed E-state index contributed by atoms with van der Waals surface area (Å²) in [6.45, 7) is 4.77. The summed E-state index contributed by atoms with van der Waals surface area (Å²) in [6.07, 6.45) is 3.59. The van der Waals surface area contributed by atoms with Gasteiger partial charge in [0, 0.05) is 24.3 Å². The number of aromatic carboxylic acids is 1. The molecule has 0 aromatic carbocycles. The minimum Gasteiger partial charge on any atom is -0.477 e. The second-order valence-corrected chi connectivity index (χ2v) is 4.87. The molecule has 0 aliphatic carbocycles. The van der Waals surface area contributed by atoms with E-state index >= 15 is 0 Å². The van der Waals surface area contributed by atoms with Crippen LogP contribution in [-0.2, 0) is 0 Å². The van der Waals surface area contributed by atoms with E-state index < -0.39 is 5.97 Å². The number of hydrogen-bond donors (Lipinski definition) is 2. The summed E-state index contributed by atoms with van der Waals surface area (Å²) in [6, 6.07) is 3.20. The standard InChI is InChI=1S/C14H19N3O3/c1-2-17-7-3-4-11(17)9-16-13(18)10-5-6-15-12(8-10)14(19)20/h5-6,8,11H,2-4,7,9H2,1H3,(H,16,18)(H,19,20). The summed E-state index contributed by atoms with van der Waals surface area (Å²) in [5.74, 6) is -1.38. The van der Waals surface area contributed by atoms with E-state index in [-0.39, 0.29) is 11.6 Å². The lowest BCUT2D eigenvalue weighted by Crippen LogP contribution is -2.40. The Morgan fingerprint density at radius 3 is 3.05 bits per heavy atom. The highest BCUT2D eigenvalue weighted by atomic mass is 16.4. The maximum Gasteiger partial charge on any atom is 0.354 e. The first-order valence-electron chi connectivity index (χ1n) is 6.83. The molecule has 1 aromatic heterocycles. The fourth-order valence-corrected chi connectivity index (χ4v) is 2.54. The van der Waals surface area contributed by atoms with E-state index in [4.69, 9.17) is 5.11 Å². The zero-order valence-electron chi connectivity index (χ0n) is 11.5. The first kappa shape index (κ1) is 14.5. The molecule has 6 nitrogen and oxygen atoms in total. The van der Waals surface area contributed by atoms with Crippen LogP contribution in [0, 0.1) is 0 Å². The zero-order valence-corrected chi connectivity index (χ0v) is 11.5. The number of carbonyl (C=O) groups is 2. The molecule has 108 valence electrons. The van der Waals surface area contributed by atoms with E-state index in [9.17, 15) is 9.59 Å². The number of likely N-dealkylation sites (N-methyl/N-ethyl adjacent to an activating group) is 1. The molecule has 2 rings (SSSR count). The average molecular weight is 277 g/mol. The topological polar surface area (TPSA) is 82.5 Å². The lowest BCUT2D eigenvalue weighted by Gasteiger charge is -2.22. The quantitative estimate of drug-likeness (QED) is 0.839. The lowest BCUT2D eigenvalue weighted by molar-refractivity contribution is 0.0690. The smallest absolute Gasteiger partial charge is 0.354 e. The van der Waals surface area contributed by atoms with Crippen LogP contribution in [-0.4, -0.2) is 52.5 Å². The van der Waals surface area contributed by atoms with E-state index in [1.54, 1.807) is 0 Å². The SMILES string of the molecule is CCN1CCCC1CNC(=O)c1ccnc(C(=O)O)c1. The van der Waals surface area contributed by atoms with Gasteiger partial charge in [-0.1, -0.05) is 6.92 Å². The van der Waals surface area contributed by atoms with Crippen LogP contribution in [0.5, 0.6) is 0 Å². The minimum absolute atomic E-state index is 0.117. The Morgan fingerprint density at radius 2 is 2.35 bits per heavy atom. The van der Waals surface area contributed by atoms with Crippen molar-refractivity contribution in [1.29, 1.82) is 0 Å². The van der Waals surface area contributed by atoms with Crippen LogP contribution in [0.1, 0.15) is 40.6 Å². The number of likely N-dealkylation sites (tertiary alicyclic amines) is 1. The van der Waals surface area contributed by atoms with Crippen molar-refractivity contribution in [2.75, 3.05) is 19.6 Å². The van der Waals surface area contributed by atoms with Gasteiger partial charge in [-0.15, -0.1) is 0 Å². The molecule has 0 bridgehead atoms. The van der Waals surface area contributed by atoms with E-state index in [0.717, 1.165) is 25.9 Å². The van der Waals surface area contributed by atoms with Crippen molar-refractivity contribution in [2.24, 2.45) is 0 Å². The van der Waals surface area contributed by atoms with Gasteiger partial charge in [0.05, 0.1) is 0 Å². The van der Waals surface area contributed by atoms with Gasteiger partial charge in [0.15, 0.2) is 0 Å². The molecule has 2 N–H and O–H groups in total. The summed E-state index contributed by atoms with van der Waals surface area (Å²) in [5, 5.41) is 11.7. The molecular formula is C14H19N3O3. The van der Waals surface area contributed by atoms with Gasteiger partial charge in [0.1, 0.15) is 5.69 Å². The van der Waals surface area contributed by atoms with E-state index in [2.05, 4.69) is 22.1 Å². The number of carboxylic acid groups (broad SMARTS) is 1. The Balaban J connectivity index is 1.95. The Kier molecular flexibility index (Phi) is 4.68. The van der Waals surface area contributed by atoms with Crippen molar-refractivity contribution >= 4 is 11.9 Å². The highest BCUT2D eigenvalue weighted by molar-refractivity contribution is 5.96. The first-order valence-corrected chi connectivity index (χ1v) is 6.83. The third kappa shape index (κ3) is 3.33. The van der Waals surface area contributed by atoms with Crippen LogP contribution >= 0.6 is 0 Å². The van der Waals surface area contributed by atoms with Gasteiger partial charge in [0.25, 0.3) is 5.91 Å². The molecule has 2 heterocycles. The number of nitrogens with one attached hydrogen (secondary N) is 1. The van der Waals surface area contributed by atoms with Gasteiger partial charge in [-0.3, -0.25) is 9.69 Å². The molecule has 1 aliphatic rings. The molecule has 1 aromatic rings. The maximum atomic E-state index is 12.0. The van der Waals surface area contributed by atoms with Gasteiger partial charge < -0.3 is 10.4 Å². The molecule has 1 atom stereocenters. The maximum absolute atomic E-state index is 12.0. The van der Waals surface area contributed by atoms with Gasteiger partial charge in [-0.2, -0.15) is 0 Å². The van der Waals surface area contributed by atoms with Gasteiger partial charge in [-0.25, -0.2) is 9.78 Å². The molecule has 1 amide bonds. The molecule has 1 saturated heterocycles. The number of aromatic nitrogens is 1. The highest BCUT2D eigenvalue weighted by Gasteiger charge is 2.23. The van der Waals surface area contributed by atoms with Crippen LogP contribution in [0.25, 0.3) is 0 Å². The largest absolute Gasteiger partial charge is 0.477 e. The summed E-state index contributed by atoms with van der Waals surface area (Å²) in [7, 11) is 0. The number of carboxylic acids is 1. The molecule has 0 saturated carbocycles. The summed E-state index contributed by atoms with van der Waals surface area (Å²) < 4.78 is 0. The van der Waals surface area contributed by atoms with Gasteiger partial charge >= 0.3 is 5.97 Å².